The van der Waals surface area contributed by atoms with E-state index in [0.717, 1.165) is 16.9 Å². The summed E-state index contributed by atoms with van der Waals surface area (Å²) >= 11 is 0. The second-order valence-corrected chi connectivity index (χ2v) is 5.98. The minimum Gasteiger partial charge on any atom is -0.496 e. The zero-order valence-electron chi connectivity index (χ0n) is 14.9. The zero-order chi connectivity index (χ0) is 18.4. The fourth-order valence-electron chi connectivity index (χ4n) is 2.93. The summed E-state index contributed by atoms with van der Waals surface area (Å²) < 4.78 is 11.0. The number of nitrogens with zero attached hydrogens (tertiary/aromatic N) is 1. The molecule has 5 heteroatoms. The lowest BCUT2D eigenvalue weighted by Gasteiger charge is -2.13. The molecule has 26 heavy (non-hydrogen) atoms. The minimum absolute atomic E-state index is 0.121. The van der Waals surface area contributed by atoms with Gasteiger partial charge >= 0.3 is 6.01 Å². The molecule has 0 spiro atoms. The Bertz CT molecular complexity index is 858. The summed E-state index contributed by atoms with van der Waals surface area (Å²) in [7, 11) is 1.64. The topological polar surface area (TPSA) is 64.4 Å². The smallest absolute Gasteiger partial charge is 0.301 e. The van der Waals surface area contributed by atoms with Crippen LogP contribution in [-0.2, 0) is 11.2 Å². The number of benzene rings is 2. The van der Waals surface area contributed by atoms with Gasteiger partial charge < -0.3 is 9.15 Å². The van der Waals surface area contributed by atoms with E-state index in [9.17, 15) is 4.79 Å². The molecule has 0 aliphatic rings. The number of carbonyl (C=O) groups is 1. The molecular weight excluding hydrogens is 328 g/mol. The van der Waals surface area contributed by atoms with E-state index in [1.807, 2.05) is 61.5 Å². The van der Waals surface area contributed by atoms with Crippen molar-refractivity contribution in [2.45, 2.75) is 25.7 Å². The number of carbonyl (C=O) groups excluding carboxylic acids is 1. The van der Waals surface area contributed by atoms with Crippen LogP contribution in [0.5, 0.6) is 5.75 Å². The Morgan fingerprint density at radius 3 is 2.62 bits per heavy atom. The quantitative estimate of drug-likeness (QED) is 0.686. The molecule has 0 aliphatic carbocycles. The van der Waals surface area contributed by atoms with Crippen LogP contribution >= 0.6 is 0 Å². The number of para-hydroxylation sites is 1. The van der Waals surface area contributed by atoms with Gasteiger partial charge in [-0.15, -0.1) is 0 Å². The lowest BCUT2D eigenvalue weighted by atomic mass is 9.96. The van der Waals surface area contributed by atoms with Gasteiger partial charge in [0.2, 0.25) is 5.91 Å². The van der Waals surface area contributed by atoms with Crippen LogP contribution in [0, 0.1) is 0 Å². The number of anilines is 1. The highest BCUT2D eigenvalue weighted by Gasteiger charge is 2.20. The maximum Gasteiger partial charge on any atom is 0.301 e. The molecule has 1 N–H and O–H groups in total. The SMILES string of the molecule is CCC(C(=O)Nc1ncc(Cc2ccccc2OC)o1)c1ccccc1. The molecule has 0 aliphatic heterocycles. The molecule has 1 heterocycles. The average Bonchev–Trinajstić information content (AvgIpc) is 3.10. The monoisotopic (exact) mass is 350 g/mol. The third kappa shape index (κ3) is 4.11. The van der Waals surface area contributed by atoms with Gasteiger partial charge in [0.15, 0.2) is 0 Å². The maximum atomic E-state index is 12.6. The van der Waals surface area contributed by atoms with E-state index >= 15 is 0 Å². The number of rotatable bonds is 7. The van der Waals surface area contributed by atoms with Crippen molar-refractivity contribution in [3.8, 4) is 5.75 Å². The van der Waals surface area contributed by atoms with Crippen LogP contribution in [0.1, 0.15) is 36.1 Å². The van der Waals surface area contributed by atoms with Crippen LogP contribution in [0.15, 0.2) is 65.2 Å². The van der Waals surface area contributed by atoms with Gasteiger partial charge in [-0.25, -0.2) is 4.98 Å². The van der Waals surface area contributed by atoms with Gasteiger partial charge in [0.25, 0.3) is 0 Å². The molecule has 3 aromatic rings. The Kier molecular flexibility index (Phi) is 5.69. The molecule has 1 unspecified atom stereocenters. The van der Waals surface area contributed by atoms with Gasteiger partial charge in [0, 0.05) is 12.0 Å². The van der Waals surface area contributed by atoms with Crippen molar-refractivity contribution in [3.05, 3.63) is 77.7 Å². The molecule has 0 radical (unpaired) electrons. The van der Waals surface area contributed by atoms with Crippen LogP contribution in [0.3, 0.4) is 0 Å². The lowest BCUT2D eigenvalue weighted by molar-refractivity contribution is -0.117. The number of methoxy groups -OCH3 is 1. The van der Waals surface area contributed by atoms with Gasteiger partial charge in [0.1, 0.15) is 11.5 Å². The Balaban J connectivity index is 1.69. The first-order chi connectivity index (χ1) is 12.7. The van der Waals surface area contributed by atoms with Gasteiger partial charge in [0.05, 0.1) is 19.2 Å². The first kappa shape index (κ1) is 17.7. The molecule has 1 atom stereocenters. The molecule has 0 saturated carbocycles. The van der Waals surface area contributed by atoms with Crippen molar-refractivity contribution in [2.24, 2.45) is 0 Å². The molecule has 0 fully saturated rings. The number of amides is 1. The number of oxazole rings is 1. The zero-order valence-corrected chi connectivity index (χ0v) is 14.9. The largest absolute Gasteiger partial charge is 0.496 e. The summed E-state index contributed by atoms with van der Waals surface area (Å²) in [6.07, 6.45) is 2.87. The molecule has 3 rings (SSSR count). The van der Waals surface area contributed by atoms with Crippen molar-refractivity contribution in [1.29, 1.82) is 0 Å². The number of hydrogen-bond acceptors (Lipinski definition) is 4. The molecule has 0 saturated heterocycles. The van der Waals surface area contributed by atoms with Crippen LogP contribution < -0.4 is 10.1 Å². The highest BCUT2D eigenvalue weighted by Crippen LogP contribution is 2.24. The van der Waals surface area contributed by atoms with Crippen molar-refractivity contribution < 1.29 is 13.9 Å². The van der Waals surface area contributed by atoms with Crippen LogP contribution in [0.2, 0.25) is 0 Å². The molecular formula is C21H22N2O3. The summed E-state index contributed by atoms with van der Waals surface area (Å²) in [5, 5.41) is 2.78. The number of nitrogens with one attached hydrogen (secondary N) is 1. The number of hydrogen-bond donors (Lipinski definition) is 1. The molecule has 0 bridgehead atoms. The molecule has 5 nitrogen and oxygen atoms in total. The Hall–Kier alpha value is -3.08. The van der Waals surface area contributed by atoms with E-state index in [-0.39, 0.29) is 17.8 Å². The van der Waals surface area contributed by atoms with E-state index in [2.05, 4.69) is 10.3 Å². The first-order valence-corrected chi connectivity index (χ1v) is 8.63. The summed E-state index contributed by atoms with van der Waals surface area (Å²) in [6, 6.07) is 17.7. The van der Waals surface area contributed by atoms with Crippen LogP contribution in [-0.4, -0.2) is 18.0 Å². The molecule has 2 aromatic carbocycles. The number of aromatic nitrogens is 1. The molecule has 1 amide bonds. The lowest BCUT2D eigenvalue weighted by Crippen LogP contribution is -2.20. The predicted octanol–water partition coefficient (Wildman–Crippen LogP) is 4.41. The fraction of sp³-hybridized carbons (Fsp3) is 0.238. The summed E-state index contributed by atoms with van der Waals surface area (Å²) in [5.74, 6) is 1.10. The van der Waals surface area contributed by atoms with E-state index < -0.39 is 0 Å². The minimum atomic E-state index is -0.235. The van der Waals surface area contributed by atoms with E-state index in [1.165, 1.54) is 0 Å². The second-order valence-electron chi connectivity index (χ2n) is 5.98. The molecule has 134 valence electrons. The van der Waals surface area contributed by atoms with Crippen molar-refractivity contribution >= 4 is 11.9 Å². The van der Waals surface area contributed by atoms with Gasteiger partial charge in [-0.1, -0.05) is 55.5 Å². The summed E-state index contributed by atoms with van der Waals surface area (Å²) in [6.45, 7) is 1.99. The normalized spacial score (nSPS) is 11.8. The Morgan fingerprint density at radius 2 is 1.88 bits per heavy atom. The third-order valence-corrected chi connectivity index (χ3v) is 4.27. The highest BCUT2D eigenvalue weighted by atomic mass is 16.5. The third-order valence-electron chi connectivity index (χ3n) is 4.27. The first-order valence-electron chi connectivity index (χ1n) is 8.63. The van der Waals surface area contributed by atoms with Crippen molar-refractivity contribution in [3.63, 3.8) is 0 Å². The van der Waals surface area contributed by atoms with Crippen molar-refractivity contribution in [2.75, 3.05) is 12.4 Å². The summed E-state index contributed by atoms with van der Waals surface area (Å²) in [5.41, 5.74) is 1.98. The van der Waals surface area contributed by atoms with Crippen molar-refractivity contribution in [1.82, 2.24) is 4.98 Å². The van der Waals surface area contributed by atoms with E-state index in [1.54, 1.807) is 13.3 Å². The Morgan fingerprint density at radius 1 is 1.15 bits per heavy atom. The van der Waals surface area contributed by atoms with Crippen LogP contribution in [0.25, 0.3) is 0 Å². The Labute approximate surface area is 153 Å². The number of ether oxygens (including phenoxy) is 1. The highest BCUT2D eigenvalue weighted by molar-refractivity contribution is 5.94. The van der Waals surface area contributed by atoms with Gasteiger partial charge in [-0.3, -0.25) is 10.1 Å². The molecule has 1 aromatic heterocycles. The maximum absolute atomic E-state index is 12.6. The summed E-state index contributed by atoms with van der Waals surface area (Å²) in [4.78, 5) is 16.8. The average molecular weight is 350 g/mol. The fourth-order valence-corrected chi connectivity index (χ4v) is 2.93. The standard InChI is InChI=1S/C21H22N2O3/c1-3-18(15-9-5-4-6-10-15)20(24)23-21-22-14-17(26-21)13-16-11-7-8-12-19(16)25-2/h4-12,14,18H,3,13H2,1-2H3,(H,22,23,24). The van der Waals surface area contributed by atoms with E-state index in [4.69, 9.17) is 9.15 Å². The van der Waals surface area contributed by atoms with Crippen LogP contribution in [0.4, 0.5) is 6.01 Å². The van der Waals surface area contributed by atoms with Gasteiger partial charge in [-0.05, 0) is 18.1 Å². The predicted molar refractivity (Wildman–Crippen MR) is 100 cm³/mol. The van der Waals surface area contributed by atoms with Gasteiger partial charge in [-0.2, -0.15) is 0 Å². The van der Waals surface area contributed by atoms with E-state index in [0.29, 0.717) is 18.6 Å². The second kappa shape index (κ2) is 8.34.